The SMILES string of the molecule is O=C(COC(=O)c1ccccc1NS(=O)(=O)c1ccc(Br)s1)Nc1cccc([N+](=O)[O-])c1. The number of hydrogen-bond acceptors (Lipinski definition) is 8. The molecule has 0 bridgehead atoms. The lowest BCUT2D eigenvalue weighted by Crippen LogP contribution is -2.22. The molecule has 10 nitrogen and oxygen atoms in total. The minimum Gasteiger partial charge on any atom is -0.452 e. The minimum absolute atomic E-state index is 0.0129. The molecule has 3 aromatic rings. The quantitative estimate of drug-likeness (QED) is 0.250. The van der Waals surface area contributed by atoms with E-state index >= 15 is 0 Å². The summed E-state index contributed by atoms with van der Waals surface area (Å²) in [5, 5.41) is 13.2. The van der Waals surface area contributed by atoms with Gasteiger partial charge in [0.15, 0.2) is 6.61 Å². The number of ether oxygens (including phenoxy) is 1. The number of thiophene rings is 1. The largest absolute Gasteiger partial charge is 0.452 e. The number of nitrogens with zero attached hydrogens (tertiary/aromatic N) is 1. The van der Waals surface area contributed by atoms with E-state index in [9.17, 15) is 28.1 Å². The fraction of sp³-hybridized carbons (Fsp3) is 0.0526. The first-order chi connectivity index (χ1) is 15.2. The second kappa shape index (κ2) is 9.89. The predicted molar refractivity (Wildman–Crippen MR) is 121 cm³/mol. The Balaban J connectivity index is 1.66. The standard InChI is InChI=1S/C19H14BrN3O7S2/c20-16-8-9-18(31-16)32(28,29)22-15-7-2-1-6-14(15)19(25)30-11-17(24)21-12-4-3-5-13(10-12)23(26)27/h1-10,22H,11H2,(H,21,24). The van der Waals surface area contributed by atoms with Crippen LogP contribution in [0.4, 0.5) is 17.1 Å². The van der Waals surface area contributed by atoms with Crippen molar-refractivity contribution < 1.29 is 27.7 Å². The van der Waals surface area contributed by atoms with Crippen molar-refractivity contribution in [1.29, 1.82) is 0 Å². The summed E-state index contributed by atoms with van der Waals surface area (Å²) in [5.74, 6) is -1.65. The second-order valence-corrected chi connectivity index (χ2v) is 10.5. The molecular weight excluding hydrogens is 526 g/mol. The Kier molecular flexibility index (Phi) is 7.22. The average molecular weight is 540 g/mol. The summed E-state index contributed by atoms with van der Waals surface area (Å²) in [7, 11) is -3.94. The van der Waals surface area contributed by atoms with Crippen molar-refractivity contribution in [3.63, 3.8) is 0 Å². The first-order valence-electron chi connectivity index (χ1n) is 8.74. The first kappa shape index (κ1) is 23.4. The van der Waals surface area contributed by atoms with Gasteiger partial charge >= 0.3 is 5.97 Å². The van der Waals surface area contributed by atoms with Crippen LogP contribution >= 0.6 is 27.3 Å². The molecule has 3 rings (SSSR count). The van der Waals surface area contributed by atoms with Crippen molar-refractivity contribution in [2.24, 2.45) is 0 Å². The molecule has 0 radical (unpaired) electrons. The molecule has 0 unspecified atom stereocenters. The molecule has 0 fully saturated rings. The van der Waals surface area contributed by atoms with Gasteiger partial charge in [-0.1, -0.05) is 18.2 Å². The number of carbonyl (C=O) groups is 2. The van der Waals surface area contributed by atoms with Crippen LogP contribution in [0.3, 0.4) is 0 Å². The maximum Gasteiger partial charge on any atom is 0.340 e. The lowest BCUT2D eigenvalue weighted by Gasteiger charge is -2.11. The number of nitro benzene ring substituents is 1. The number of para-hydroxylation sites is 1. The maximum atomic E-state index is 12.5. The second-order valence-electron chi connectivity index (χ2n) is 6.14. The van der Waals surface area contributed by atoms with Gasteiger partial charge in [0, 0.05) is 17.8 Å². The summed E-state index contributed by atoms with van der Waals surface area (Å²) in [6.07, 6.45) is 0. The Hall–Kier alpha value is -3.29. The highest BCUT2D eigenvalue weighted by Gasteiger charge is 2.21. The Morgan fingerprint density at radius 2 is 1.84 bits per heavy atom. The number of sulfonamides is 1. The Labute approximate surface area is 194 Å². The molecule has 0 atom stereocenters. The molecule has 1 amide bonds. The summed E-state index contributed by atoms with van der Waals surface area (Å²) in [5.41, 5.74) is -0.148. The number of anilines is 2. The van der Waals surface area contributed by atoms with Gasteiger partial charge in [0.2, 0.25) is 0 Å². The number of halogens is 1. The normalized spacial score (nSPS) is 10.9. The molecule has 0 aliphatic heterocycles. The fourth-order valence-corrected chi connectivity index (χ4v) is 5.58. The highest BCUT2D eigenvalue weighted by Crippen LogP contribution is 2.28. The number of benzene rings is 2. The summed E-state index contributed by atoms with van der Waals surface area (Å²) >= 11 is 4.20. The van der Waals surface area contributed by atoms with Crippen molar-refractivity contribution in [2.75, 3.05) is 16.6 Å². The number of amides is 1. The number of carbonyl (C=O) groups excluding carboxylic acids is 2. The lowest BCUT2D eigenvalue weighted by molar-refractivity contribution is -0.384. The number of nitro groups is 1. The van der Waals surface area contributed by atoms with Crippen LogP contribution in [0.15, 0.2) is 68.7 Å². The Bertz CT molecular complexity index is 1290. The van der Waals surface area contributed by atoms with Crippen LogP contribution in [0.2, 0.25) is 0 Å². The molecule has 13 heteroatoms. The van der Waals surface area contributed by atoms with Gasteiger partial charge in [0.25, 0.3) is 21.6 Å². The van der Waals surface area contributed by atoms with E-state index in [0.717, 1.165) is 17.4 Å². The van der Waals surface area contributed by atoms with Crippen molar-refractivity contribution in [1.82, 2.24) is 0 Å². The van der Waals surface area contributed by atoms with Gasteiger partial charge in [0.05, 0.1) is 20.0 Å². The molecule has 0 spiro atoms. The zero-order chi connectivity index (χ0) is 23.3. The van der Waals surface area contributed by atoms with Crippen molar-refractivity contribution >= 4 is 66.2 Å². The van der Waals surface area contributed by atoms with Gasteiger partial charge in [0.1, 0.15) is 4.21 Å². The average Bonchev–Trinajstić information content (AvgIpc) is 3.20. The number of rotatable bonds is 8. The lowest BCUT2D eigenvalue weighted by atomic mass is 10.2. The number of non-ortho nitro benzene ring substituents is 1. The molecule has 0 aliphatic rings. The molecule has 2 aromatic carbocycles. The Morgan fingerprint density at radius 3 is 2.53 bits per heavy atom. The molecule has 2 N–H and O–H groups in total. The van der Waals surface area contributed by atoms with Gasteiger partial charge in [-0.2, -0.15) is 0 Å². The topological polar surface area (TPSA) is 145 Å². The van der Waals surface area contributed by atoms with Crippen LogP contribution in [0.5, 0.6) is 0 Å². The van der Waals surface area contributed by atoms with Gasteiger partial charge in [-0.15, -0.1) is 11.3 Å². The summed E-state index contributed by atoms with van der Waals surface area (Å²) in [4.78, 5) is 34.7. The minimum atomic E-state index is -3.94. The molecule has 166 valence electrons. The molecule has 0 saturated heterocycles. The van der Waals surface area contributed by atoms with Crippen molar-refractivity contribution in [3.05, 3.63) is 80.1 Å². The summed E-state index contributed by atoms with van der Waals surface area (Å²) in [6.45, 7) is -0.680. The van der Waals surface area contributed by atoms with Gasteiger partial charge in [-0.05, 0) is 46.3 Å². The molecule has 32 heavy (non-hydrogen) atoms. The van der Waals surface area contributed by atoms with E-state index in [1.54, 1.807) is 6.07 Å². The van der Waals surface area contributed by atoms with Crippen LogP contribution in [0.25, 0.3) is 0 Å². The van der Waals surface area contributed by atoms with Gasteiger partial charge in [-0.3, -0.25) is 19.6 Å². The monoisotopic (exact) mass is 539 g/mol. The van der Waals surface area contributed by atoms with Gasteiger partial charge < -0.3 is 10.1 Å². The third-order valence-electron chi connectivity index (χ3n) is 3.88. The molecule has 1 aromatic heterocycles. The fourth-order valence-electron chi connectivity index (χ4n) is 2.49. The highest BCUT2D eigenvalue weighted by molar-refractivity contribution is 9.11. The molecule has 1 heterocycles. The Morgan fingerprint density at radius 1 is 1.09 bits per heavy atom. The van der Waals surface area contributed by atoms with Crippen molar-refractivity contribution in [3.8, 4) is 0 Å². The molecule has 0 aliphatic carbocycles. The first-order valence-corrected chi connectivity index (χ1v) is 11.8. The van der Waals surface area contributed by atoms with Crippen molar-refractivity contribution in [2.45, 2.75) is 4.21 Å². The summed E-state index contributed by atoms with van der Waals surface area (Å²) < 4.78 is 33.1. The van der Waals surface area contributed by atoms with E-state index in [0.29, 0.717) is 3.79 Å². The van der Waals surface area contributed by atoms with Crippen LogP contribution in [0, 0.1) is 10.1 Å². The maximum absolute atomic E-state index is 12.5. The van der Waals surface area contributed by atoms with E-state index in [2.05, 4.69) is 26.0 Å². The number of esters is 1. The number of hydrogen-bond donors (Lipinski definition) is 2. The third kappa shape index (κ3) is 5.90. The van der Waals surface area contributed by atoms with E-state index in [4.69, 9.17) is 4.74 Å². The van der Waals surface area contributed by atoms with E-state index in [1.165, 1.54) is 48.5 Å². The van der Waals surface area contributed by atoms with E-state index in [-0.39, 0.29) is 26.8 Å². The van der Waals surface area contributed by atoms with Crippen LogP contribution < -0.4 is 10.0 Å². The smallest absolute Gasteiger partial charge is 0.340 e. The van der Waals surface area contributed by atoms with Gasteiger partial charge in [-0.25, -0.2) is 13.2 Å². The zero-order valence-corrected chi connectivity index (χ0v) is 19.2. The molecule has 0 saturated carbocycles. The van der Waals surface area contributed by atoms with E-state index in [1.807, 2.05) is 0 Å². The van der Waals surface area contributed by atoms with E-state index < -0.39 is 33.4 Å². The zero-order valence-electron chi connectivity index (χ0n) is 16.0. The highest BCUT2D eigenvalue weighted by atomic mass is 79.9. The molecular formula is C19H14BrN3O7S2. The van der Waals surface area contributed by atoms with Crippen LogP contribution in [-0.2, 0) is 19.6 Å². The van der Waals surface area contributed by atoms with Crippen LogP contribution in [0.1, 0.15) is 10.4 Å². The third-order valence-corrected chi connectivity index (χ3v) is 7.36. The summed E-state index contributed by atoms with van der Waals surface area (Å²) in [6, 6.07) is 14.1. The predicted octanol–water partition coefficient (Wildman–Crippen LogP) is 4.02. The van der Waals surface area contributed by atoms with Crippen LogP contribution in [-0.4, -0.2) is 31.8 Å². The number of nitrogens with one attached hydrogen (secondary N) is 2.